The first-order valence-electron chi connectivity index (χ1n) is 8.94. The van der Waals surface area contributed by atoms with Crippen molar-refractivity contribution in [3.8, 4) is 0 Å². The molecule has 1 aliphatic heterocycles. The number of nitrogens with one attached hydrogen (secondary N) is 1. The van der Waals surface area contributed by atoms with Crippen molar-refractivity contribution in [3.63, 3.8) is 0 Å². The fourth-order valence-corrected chi connectivity index (χ4v) is 3.31. The molecule has 1 fully saturated rings. The molecule has 1 aromatic rings. The van der Waals surface area contributed by atoms with E-state index >= 15 is 0 Å². The van der Waals surface area contributed by atoms with E-state index in [1.165, 1.54) is 12.1 Å². The number of halogens is 1. The van der Waals surface area contributed by atoms with Crippen LogP contribution < -0.4 is 5.32 Å². The van der Waals surface area contributed by atoms with E-state index < -0.39 is 17.2 Å². The molecule has 0 aliphatic carbocycles. The summed E-state index contributed by atoms with van der Waals surface area (Å²) in [5.41, 5.74) is -0.0768. The van der Waals surface area contributed by atoms with Crippen LogP contribution in [0.3, 0.4) is 0 Å². The Morgan fingerprint density at radius 3 is 2.04 bits per heavy atom. The molecule has 1 aromatic carbocycles. The Morgan fingerprint density at radius 1 is 1.08 bits per heavy atom. The molecule has 1 saturated heterocycles. The average Bonchev–Trinajstić information content (AvgIpc) is 2.45. The first kappa shape index (κ1) is 19.7. The van der Waals surface area contributed by atoms with Crippen molar-refractivity contribution >= 4 is 6.09 Å². The van der Waals surface area contributed by atoms with Crippen molar-refractivity contribution in [3.05, 3.63) is 35.6 Å². The summed E-state index contributed by atoms with van der Waals surface area (Å²) < 4.78 is 18.8. The average molecular weight is 350 g/mol. The predicted octanol–water partition coefficient (Wildman–Crippen LogP) is 4.44. The summed E-state index contributed by atoms with van der Waals surface area (Å²) in [7, 11) is 0. The molecule has 2 rings (SSSR count). The van der Waals surface area contributed by atoms with Crippen LogP contribution in [0.15, 0.2) is 24.3 Å². The lowest BCUT2D eigenvalue weighted by Gasteiger charge is -2.47. The van der Waals surface area contributed by atoms with Gasteiger partial charge in [0, 0.05) is 18.6 Å². The van der Waals surface area contributed by atoms with Gasteiger partial charge in [0.2, 0.25) is 0 Å². The summed E-state index contributed by atoms with van der Waals surface area (Å²) in [6.45, 7) is 13.8. The van der Waals surface area contributed by atoms with E-state index in [0.29, 0.717) is 0 Å². The Bertz CT molecular complexity index is 592. The molecule has 0 saturated carbocycles. The van der Waals surface area contributed by atoms with Crippen LogP contribution in [-0.4, -0.2) is 35.2 Å². The molecule has 0 bridgehead atoms. The third-order valence-electron chi connectivity index (χ3n) is 4.70. The molecule has 1 aliphatic rings. The van der Waals surface area contributed by atoms with Gasteiger partial charge in [-0.05, 0) is 72.1 Å². The first-order valence-corrected chi connectivity index (χ1v) is 8.94. The number of hydrogen-bond acceptors (Lipinski definition) is 3. The molecule has 1 amide bonds. The Hall–Kier alpha value is -1.62. The van der Waals surface area contributed by atoms with Gasteiger partial charge in [-0.15, -0.1) is 0 Å². The summed E-state index contributed by atoms with van der Waals surface area (Å²) in [6, 6.07) is 6.42. The van der Waals surface area contributed by atoms with E-state index in [2.05, 4.69) is 31.0 Å². The molecule has 0 aromatic heterocycles. The van der Waals surface area contributed by atoms with Crippen molar-refractivity contribution < 1.29 is 13.9 Å². The minimum absolute atomic E-state index is 0.0842. The smallest absolute Gasteiger partial charge is 0.408 e. The number of piperidine rings is 1. The molecule has 0 spiro atoms. The molecular formula is C20H31FN2O2. The zero-order chi connectivity index (χ0) is 18.9. The highest BCUT2D eigenvalue weighted by Crippen LogP contribution is 2.35. The van der Waals surface area contributed by atoms with Gasteiger partial charge in [0.05, 0.1) is 5.54 Å². The number of amides is 1. The number of carbonyl (C=O) groups is 1. The highest BCUT2D eigenvalue weighted by Gasteiger charge is 2.40. The van der Waals surface area contributed by atoms with Gasteiger partial charge in [0.15, 0.2) is 0 Å². The second kappa shape index (κ2) is 6.94. The molecule has 0 atom stereocenters. The van der Waals surface area contributed by atoms with Gasteiger partial charge in [-0.2, -0.15) is 0 Å². The van der Waals surface area contributed by atoms with E-state index in [1.807, 2.05) is 20.8 Å². The van der Waals surface area contributed by atoms with Crippen LogP contribution >= 0.6 is 0 Å². The lowest BCUT2D eigenvalue weighted by Crippen LogP contribution is -2.57. The van der Waals surface area contributed by atoms with Crippen LogP contribution in [0.1, 0.15) is 59.9 Å². The molecular weight excluding hydrogens is 319 g/mol. The topological polar surface area (TPSA) is 41.6 Å². The van der Waals surface area contributed by atoms with Crippen molar-refractivity contribution in [2.24, 2.45) is 0 Å². The highest BCUT2D eigenvalue weighted by atomic mass is 19.1. The second-order valence-electron chi connectivity index (χ2n) is 8.87. The van der Waals surface area contributed by atoms with E-state index in [-0.39, 0.29) is 11.4 Å². The summed E-state index contributed by atoms with van der Waals surface area (Å²) >= 11 is 0. The van der Waals surface area contributed by atoms with E-state index in [1.54, 1.807) is 12.1 Å². The van der Waals surface area contributed by atoms with Crippen LogP contribution in [0.5, 0.6) is 0 Å². The van der Waals surface area contributed by atoms with Crippen LogP contribution in [0.25, 0.3) is 0 Å². The molecule has 25 heavy (non-hydrogen) atoms. The van der Waals surface area contributed by atoms with E-state index in [9.17, 15) is 9.18 Å². The molecule has 1 N–H and O–H groups in total. The van der Waals surface area contributed by atoms with Gasteiger partial charge in [0.1, 0.15) is 11.4 Å². The van der Waals surface area contributed by atoms with E-state index in [0.717, 1.165) is 31.5 Å². The summed E-state index contributed by atoms with van der Waals surface area (Å²) in [5.74, 6) is -0.275. The van der Waals surface area contributed by atoms with Gasteiger partial charge in [-0.1, -0.05) is 12.1 Å². The second-order valence-corrected chi connectivity index (χ2v) is 8.87. The largest absolute Gasteiger partial charge is 0.444 e. The lowest BCUT2D eigenvalue weighted by molar-refractivity contribution is 0.0283. The van der Waals surface area contributed by atoms with Crippen LogP contribution in [0.2, 0.25) is 0 Å². The van der Waals surface area contributed by atoms with Gasteiger partial charge < -0.3 is 10.1 Å². The Labute approximate surface area is 150 Å². The zero-order valence-electron chi connectivity index (χ0n) is 16.3. The first-order chi connectivity index (χ1) is 11.4. The number of hydrogen-bond donors (Lipinski definition) is 1. The number of alkyl carbamates (subject to hydrolysis) is 1. The van der Waals surface area contributed by atoms with Gasteiger partial charge in [-0.25, -0.2) is 9.18 Å². The number of rotatable bonds is 2. The summed E-state index contributed by atoms with van der Waals surface area (Å²) in [6.07, 6.45) is 1.09. The zero-order valence-corrected chi connectivity index (χ0v) is 16.3. The van der Waals surface area contributed by atoms with Crippen LogP contribution in [0.4, 0.5) is 9.18 Å². The monoisotopic (exact) mass is 350 g/mol. The number of carbonyl (C=O) groups excluding carboxylic acids is 1. The van der Waals surface area contributed by atoms with Gasteiger partial charge in [0.25, 0.3) is 0 Å². The van der Waals surface area contributed by atoms with Crippen molar-refractivity contribution in [2.75, 3.05) is 13.1 Å². The minimum Gasteiger partial charge on any atom is -0.444 e. The normalized spacial score (nSPS) is 18.7. The Balaban J connectivity index is 2.24. The minimum atomic E-state index is -0.555. The van der Waals surface area contributed by atoms with Crippen LogP contribution in [0, 0.1) is 5.82 Å². The Morgan fingerprint density at radius 2 is 1.60 bits per heavy atom. The predicted molar refractivity (Wildman–Crippen MR) is 98.0 cm³/mol. The van der Waals surface area contributed by atoms with Crippen molar-refractivity contribution in [1.82, 2.24) is 10.2 Å². The van der Waals surface area contributed by atoms with Crippen LogP contribution in [-0.2, 0) is 10.3 Å². The lowest BCUT2D eigenvalue weighted by atomic mass is 9.80. The summed E-state index contributed by atoms with van der Waals surface area (Å²) in [5, 5.41) is 3.09. The molecule has 140 valence electrons. The maximum absolute atomic E-state index is 13.4. The fraction of sp³-hybridized carbons (Fsp3) is 0.650. The molecule has 1 heterocycles. The standard InChI is InChI=1S/C20H31FN2O2/c1-18(2,3)23-13-11-20(12-14-23,15-7-9-16(21)10-8-15)22-17(24)25-19(4,5)6/h7-10H,11-14H2,1-6H3,(H,22,24). The van der Waals surface area contributed by atoms with Gasteiger partial charge in [-0.3, -0.25) is 4.90 Å². The maximum atomic E-state index is 13.4. The number of benzene rings is 1. The SMILES string of the molecule is CC(C)(C)OC(=O)NC1(c2ccc(F)cc2)CCN(C(C)(C)C)CC1. The fourth-order valence-electron chi connectivity index (χ4n) is 3.31. The third kappa shape index (κ3) is 5.18. The quantitative estimate of drug-likeness (QED) is 0.857. The van der Waals surface area contributed by atoms with E-state index in [4.69, 9.17) is 4.74 Å². The van der Waals surface area contributed by atoms with Gasteiger partial charge >= 0.3 is 6.09 Å². The highest BCUT2D eigenvalue weighted by molar-refractivity contribution is 5.69. The van der Waals surface area contributed by atoms with Crippen molar-refractivity contribution in [2.45, 2.75) is 71.1 Å². The maximum Gasteiger partial charge on any atom is 0.408 e. The molecule has 4 nitrogen and oxygen atoms in total. The number of ether oxygens (including phenoxy) is 1. The molecule has 0 radical (unpaired) electrons. The molecule has 5 heteroatoms. The molecule has 0 unspecified atom stereocenters. The number of likely N-dealkylation sites (tertiary alicyclic amines) is 1. The summed E-state index contributed by atoms with van der Waals surface area (Å²) in [4.78, 5) is 14.8. The Kier molecular flexibility index (Phi) is 5.47. The third-order valence-corrected chi connectivity index (χ3v) is 4.70. The van der Waals surface area contributed by atoms with Crippen molar-refractivity contribution in [1.29, 1.82) is 0 Å². The number of nitrogens with zero attached hydrogens (tertiary/aromatic N) is 1.